The van der Waals surface area contributed by atoms with Crippen molar-refractivity contribution >= 4 is 21.6 Å². The molecule has 30 heavy (non-hydrogen) atoms. The normalized spacial score (nSPS) is 15.6. The van der Waals surface area contributed by atoms with E-state index in [1.54, 1.807) is 17.0 Å². The third kappa shape index (κ3) is 3.12. The molecule has 4 heterocycles. The molecule has 9 nitrogen and oxygen atoms in total. The fourth-order valence-corrected chi connectivity index (χ4v) is 5.22. The van der Waals surface area contributed by atoms with Gasteiger partial charge in [-0.1, -0.05) is 5.16 Å². The Morgan fingerprint density at radius 2 is 2.00 bits per heavy atom. The molecule has 0 fully saturated rings. The predicted octanol–water partition coefficient (Wildman–Crippen LogP) is 1.87. The summed E-state index contributed by atoms with van der Waals surface area (Å²) in [7, 11) is -3.76. The summed E-state index contributed by atoms with van der Waals surface area (Å²) in [6, 6.07) is 7.10. The summed E-state index contributed by atoms with van der Waals surface area (Å²) in [6.45, 7) is 3.29. The van der Waals surface area contributed by atoms with Gasteiger partial charge in [0, 0.05) is 25.7 Å². The number of aromatic nitrogens is 3. The van der Waals surface area contributed by atoms with E-state index in [4.69, 9.17) is 4.52 Å². The van der Waals surface area contributed by atoms with E-state index in [2.05, 4.69) is 14.9 Å². The molecular weight excluding hydrogens is 406 g/mol. The molecule has 0 spiro atoms. The SMILES string of the molecule is CCn1cccc1-c1noc(CNS(=O)(=O)c2cc3c4c(c2)CCN4C(=O)CC3)n1. The van der Waals surface area contributed by atoms with Crippen molar-refractivity contribution in [3.8, 4) is 11.5 Å². The van der Waals surface area contributed by atoms with Crippen molar-refractivity contribution < 1.29 is 17.7 Å². The Balaban J connectivity index is 1.36. The summed E-state index contributed by atoms with van der Waals surface area (Å²) in [5.41, 5.74) is 3.52. The average Bonchev–Trinajstić information content (AvgIpc) is 3.48. The second kappa shape index (κ2) is 7.06. The number of anilines is 1. The number of benzene rings is 1. The molecule has 0 radical (unpaired) electrons. The van der Waals surface area contributed by atoms with E-state index in [1.165, 1.54) is 0 Å². The maximum atomic E-state index is 12.9. The molecule has 5 rings (SSSR count). The Bertz CT molecular complexity index is 1240. The quantitative estimate of drug-likeness (QED) is 0.643. The zero-order valence-corrected chi connectivity index (χ0v) is 17.3. The molecule has 0 aliphatic carbocycles. The maximum Gasteiger partial charge on any atom is 0.242 e. The lowest BCUT2D eigenvalue weighted by Crippen LogP contribution is -2.33. The maximum absolute atomic E-state index is 12.9. The van der Waals surface area contributed by atoms with E-state index < -0.39 is 10.0 Å². The molecule has 2 aromatic heterocycles. The molecule has 1 amide bonds. The molecule has 0 unspecified atom stereocenters. The Kier molecular flexibility index (Phi) is 4.48. The largest absolute Gasteiger partial charge is 0.345 e. The smallest absolute Gasteiger partial charge is 0.242 e. The van der Waals surface area contributed by atoms with E-state index in [0.717, 1.165) is 29.1 Å². The standard InChI is InChI=1S/C20H21N5O4S/c1-2-24-8-3-4-16(24)20-22-17(29-23-20)12-21-30(27,28)15-10-13-5-6-18(26)25-9-7-14(11-15)19(13)25/h3-4,8,10-11,21H,2,5-7,9,12H2,1H3. The van der Waals surface area contributed by atoms with Crippen molar-refractivity contribution in [2.45, 2.75) is 44.2 Å². The minimum absolute atomic E-state index is 0.0980. The molecule has 3 aromatic rings. The molecular formula is C20H21N5O4S. The second-order valence-electron chi connectivity index (χ2n) is 7.40. The van der Waals surface area contributed by atoms with E-state index >= 15 is 0 Å². The summed E-state index contributed by atoms with van der Waals surface area (Å²) in [6.07, 6.45) is 3.56. The summed E-state index contributed by atoms with van der Waals surface area (Å²) in [5, 5.41) is 3.96. The van der Waals surface area contributed by atoms with Crippen LogP contribution >= 0.6 is 0 Å². The Hall–Kier alpha value is -2.98. The molecule has 156 valence electrons. The van der Waals surface area contributed by atoms with Crippen molar-refractivity contribution in [2.75, 3.05) is 11.4 Å². The number of aryl methyl sites for hydroxylation is 2. The van der Waals surface area contributed by atoms with Gasteiger partial charge in [0.15, 0.2) is 0 Å². The summed E-state index contributed by atoms with van der Waals surface area (Å²) in [4.78, 5) is 18.3. The van der Waals surface area contributed by atoms with E-state index in [9.17, 15) is 13.2 Å². The zero-order chi connectivity index (χ0) is 20.9. The van der Waals surface area contributed by atoms with E-state index in [1.807, 2.05) is 29.8 Å². The van der Waals surface area contributed by atoms with Crippen LogP contribution in [0, 0.1) is 0 Å². The molecule has 2 aliphatic rings. The molecule has 0 saturated heterocycles. The van der Waals surface area contributed by atoms with Crippen LogP contribution in [0.15, 0.2) is 39.9 Å². The van der Waals surface area contributed by atoms with Gasteiger partial charge in [-0.15, -0.1) is 0 Å². The van der Waals surface area contributed by atoms with Gasteiger partial charge in [-0.25, -0.2) is 13.1 Å². The van der Waals surface area contributed by atoms with Crippen LogP contribution in [-0.2, 0) is 40.7 Å². The number of nitrogens with one attached hydrogen (secondary N) is 1. The Morgan fingerprint density at radius 1 is 1.20 bits per heavy atom. The summed E-state index contributed by atoms with van der Waals surface area (Å²) < 4.78 is 35.5. The molecule has 0 atom stereocenters. The zero-order valence-electron chi connectivity index (χ0n) is 16.5. The van der Waals surface area contributed by atoms with Crippen molar-refractivity contribution in [1.29, 1.82) is 0 Å². The molecule has 1 N–H and O–H groups in total. The topological polar surface area (TPSA) is 110 Å². The van der Waals surface area contributed by atoms with Crippen LogP contribution in [0.1, 0.15) is 30.4 Å². The fourth-order valence-electron chi connectivity index (χ4n) is 4.14. The van der Waals surface area contributed by atoms with Gasteiger partial charge in [-0.2, -0.15) is 4.98 Å². The number of carbonyl (C=O) groups is 1. The first-order valence-electron chi connectivity index (χ1n) is 9.90. The minimum Gasteiger partial charge on any atom is -0.345 e. The highest BCUT2D eigenvalue weighted by molar-refractivity contribution is 7.89. The monoisotopic (exact) mass is 427 g/mol. The predicted molar refractivity (Wildman–Crippen MR) is 108 cm³/mol. The van der Waals surface area contributed by atoms with Gasteiger partial charge in [0.25, 0.3) is 0 Å². The lowest BCUT2D eigenvalue weighted by Gasteiger charge is -2.25. The van der Waals surface area contributed by atoms with Gasteiger partial charge >= 0.3 is 0 Å². The third-order valence-corrected chi connectivity index (χ3v) is 7.00. The van der Waals surface area contributed by atoms with Gasteiger partial charge in [-0.05, 0) is 55.2 Å². The van der Waals surface area contributed by atoms with Crippen LogP contribution in [-0.4, -0.2) is 35.6 Å². The number of amides is 1. The molecule has 0 bridgehead atoms. The van der Waals surface area contributed by atoms with Crippen LogP contribution in [0.25, 0.3) is 11.5 Å². The number of rotatable bonds is 6. The lowest BCUT2D eigenvalue weighted by molar-refractivity contribution is -0.118. The van der Waals surface area contributed by atoms with E-state index in [-0.39, 0.29) is 23.2 Å². The molecule has 10 heteroatoms. The number of hydrogen-bond donors (Lipinski definition) is 1. The highest BCUT2D eigenvalue weighted by atomic mass is 32.2. The van der Waals surface area contributed by atoms with Crippen LogP contribution < -0.4 is 9.62 Å². The van der Waals surface area contributed by atoms with Crippen molar-refractivity contribution in [3.05, 3.63) is 47.5 Å². The van der Waals surface area contributed by atoms with Crippen LogP contribution in [0.4, 0.5) is 5.69 Å². The van der Waals surface area contributed by atoms with E-state index in [0.29, 0.717) is 31.6 Å². The lowest BCUT2D eigenvalue weighted by atomic mass is 10.00. The summed E-state index contributed by atoms with van der Waals surface area (Å²) in [5.74, 6) is 0.718. The molecule has 1 aromatic carbocycles. The number of hydrogen-bond acceptors (Lipinski definition) is 6. The van der Waals surface area contributed by atoms with Crippen molar-refractivity contribution in [2.24, 2.45) is 0 Å². The van der Waals surface area contributed by atoms with Gasteiger partial charge in [-0.3, -0.25) is 4.79 Å². The highest BCUT2D eigenvalue weighted by Crippen LogP contribution is 2.38. The van der Waals surface area contributed by atoms with Gasteiger partial charge in [0.1, 0.15) is 0 Å². The molecule has 0 saturated carbocycles. The van der Waals surface area contributed by atoms with Gasteiger partial charge < -0.3 is 14.0 Å². The third-order valence-electron chi connectivity index (χ3n) is 5.62. The van der Waals surface area contributed by atoms with Crippen molar-refractivity contribution in [3.63, 3.8) is 0 Å². The second-order valence-corrected chi connectivity index (χ2v) is 9.17. The number of sulfonamides is 1. The fraction of sp³-hybridized carbons (Fsp3) is 0.350. The van der Waals surface area contributed by atoms with Crippen LogP contribution in [0.3, 0.4) is 0 Å². The highest BCUT2D eigenvalue weighted by Gasteiger charge is 2.33. The van der Waals surface area contributed by atoms with Gasteiger partial charge in [0.05, 0.1) is 22.8 Å². The first-order chi connectivity index (χ1) is 14.5. The number of carbonyl (C=O) groups excluding carboxylic acids is 1. The molecule has 2 aliphatic heterocycles. The first kappa shape index (κ1) is 19.0. The van der Waals surface area contributed by atoms with Gasteiger partial charge in [0.2, 0.25) is 27.6 Å². The average molecular weight is 427 g/mol. The Morgan fingerprint density at radius 3 is 2.80 bits per heavy atom. The minimum atomic E-state index is -3.76. The van der Waals surface area contributed by atoms with Crippen LogP contribution in [0.5, 0.6) is 0 Å². The first-order valence-corrected chi connectivity index (χ1v) is 11.4. The Labute approximate surface area is 173 Å². The van der Waals surface area contributed by atoms with Crippen LogP contribution in [0.2, 0.25) is 0 Å². The van der Waals surface area contributed by atoms with Crippen molar-refractivity contribution in [1.82, 2.24) is 19.4 Å². The number of nitrogens with zero attached hydrogens (tertiary/aromatic N) is 4. The summed E-state index contributed by atoms with van der Waals surface area (Å²) >= 11 is 0.